The third-order valence-electron chi connectivity index (χ3n) is 5.45. The number of aromatic nitrogens is 2. The second-order valence-corrected chi connectivity index (χ2v) is 8.17. The van der Waals surface area contributed by atoms with Gasteiger partial charge in [0.1, 0.15) is 6.04 Å². The van der Waals surface area contributed by atoms with Crippen molar-refractivity contribution in [2.75, 3.05) is 37.1 Å². The molecule has 1 atom stereocenters. The lowest BCUT2D eigenvalue weighted by Gasteiger charge is -2.23. The second-order valence-electron chi connectivity index (χ2n) is 7.24. The zero-order chi connectivity index (χ0) is 21.1. The molecule has 10 heteroatoms. The van der Waals surface area contributed by atoms with Crippen LogP contribution in [-0.2, 0) is 16.1 Å². The molecular weight excluding hydrogens is 406 g/mol. The van der Waals surface area contributed by atoms with Gasteiger partial charge in [-0.25, -0.2) is 0 Å². The van der Waals surface area contributed by atoms with Crippen molar-refractivity contribution in [1.29, 1.82) is 0 Å². The predicted molar refractivity (Wildman–Crippen MR) is 113 cm³/mol. The minimum Gasteiger partial charge on any atom is -0.493 e. The van der Waals surface area contributed by atoms with Crippen molar-refractivity contribution in [1.82, 2.24) is 15.5 Å². The summed E-state index contributed by atoms with van der Waals surface area (Å²) in [5.74, 6) is 1.27. The van der Waals surface area contributed by atoms with E-state index in [1.165, 1.54) is 11.3 Å². The predicted octanol–water partition coefficient (Wildman–Crippen LogP) is 1.97. The lowest BCUT2D eigenvalue weighted by molar-refractivity contribution is -0.122. The van der Waals surface area contributed by atoms with E-state index >= 15 is 0 Å². The molecule has 30 heavy (non-hydrogen) atoms. The number of para-hydroxylation sites is 1. The van der Waals surface area contributed by atoms with E-state index in [0.29, 0.717) is 41.3 Å². The van der Waals surface area contributed by atoms with Crippen LogP contribution >= 0.6 is 11.3 Å². The number of carbonyl (C=O) groups is 2. The molecule has 2 aliphatic heterocycles. The molecule has 1 N–H and O–H groups in total. The minimum absolute atomic E-state index is 0.0635. The Balaban J connectivity index is 1.43. The molecule has 0 aliphatic carbocycles. The van der Waals surface area contributed by atoms with Crippen LogP contribution in [0.5, 0.6) is 11.5 Å². The first kappa shape index (κ1) is 20.4. The molecule has 0 saturated carbocycles. The van der Waals surface area contributed by atoms with Gasteiger partial charge in [-0.15, -0.1) is 10.2 Å². The van der Waals surface area contributed by atoms with Crippen LogP contribution in [0.1, 0.15) is 31.2 Å². The molecule has 1 aromatic carbocycles. The van der Waals surface area contributed by atoms with Gasteiger partial charge in [0.2, 0.25) is 22.1 Å². The van der Waals surface area contributed by atoms with Crippen LogP contribution in [0.15, 0.2) is 18.2 Å². The van der Waals surface area contributed by atoms with Gasteiger partial charge in [-0.3, -0.25) is 14.5 Å². The van der Waals surface area contributed by atoms with Crippen molar-refractivity contribution in [2.24, 2.45) is 0 Å². The highest BCUT2D eigenvalue weighted by Crippen LogP contribution is 2.34. The summed E-state index contributed by atoms with van der Waals surface area (Å²) in [7, 11) is 3.17. The van der Waals surface area contributed by atoms with Crippen molar-refractivity contribution in [3.8, 4) is 11.5 Å². The molecule has 1 aromatic heterocycles. The Hall–Kier alpha value is -2.88. The van der Waals surface area contributed by atoms with Crippen LogP contribution in [-0.4, -0.2) is 55.4 Å². The van der Waals surface area contributed by atoms with Crippen LogP contribution in [0.2, 0.25) is 0 Å². The van der Waals surface area contributed by atoms with Gasteiger partial charge >= 0.3 is 0 Å². The molecular formula is C20H25N5O4S. The van der Waals surface area contributed by atoms with Crippen molar-refractivity contribution >= 4 is 33.4 Å². The topological polar surface area (TPSA) is 96.9 Å². The molecule has 9 nitrogen and oxygen atoms in total. The van der Waals surface area contributed by atoms with Gasteiger partial charge < -0.3 is 19.7 Å². The Bertz CT molecular complexity index is 934. The average Bonchev–Trinajstić information content (AvgIpc) is 3.51. The molecule has 2 fully saturated rings. The van der Waals surface area contributed by atoms with Gasteiger partial charge in [-0.1, -0.05) is 23.5 Å². The molecule has 0 radical (unpaired) electrons. The number of carbonyl (C=O) groups excluding carboxylic acids is 2. The zero-order valence-corrected chi connectivity index (χ0v) is 17.9. The van der Waals surface area contributed by atoms with E-state index < -0.39 is 0 Å². The summed E-state index contributed by atoms with van der Waals surface area (Å²) in [6.07, 6.45) is 3.05. The summed E-state index contributed by atoms with van der Waals surface area (Å²) in [5, 5.41) is 12.8. The van der Waals surface area contributed by atoms with E-state index in [4.69, 9.17) is 9.47 Å². The summed E-state index contributed by atoms with van der Waals surface area (Å²) >= 11 is 1.37. The number of hydrogen-bond acceptors (Lipinski definition) is 8. The highest BCUT2D eigenvalue weighted by atomic mass is 32.1. The lowest BCUT2D eigenvalue weighted by Crippen LogP contribution is -2.43. The minimum atomic E-state index is -0.309. The maximum atomic E-state index is 12.9. The summed E-state index contributed by atoms with van der Waals surface area (Å²) in [5.41, 5.74) is 0.848. The van der Waals surface area contributed by atoms with E-state index in [1.807, 2.05) is 23.1 Å². The number of amides is 2. The fraction of sp³-hybridized carbons (Fsp3) is 0.500. The monoisotopic (exact) mass is 431 g/mol. The quantitative estimate of drug-likeness (QED) is 0.716. The van der Waals surface area contributed by atoms with E-state index in [2.05, 4.69) is 15.5 Å². The number of nitrogens with zero attached hydrogens (tertiary/aromatic N) is 4. The SMILES string of the molecule is COc1cccc(CNC(=O)[C@@H]2CCCN2c2nnc(N3CCCC3=O)s2)c1OC. The van der Waals surface area contributed by atoms with Crippen molar-refractivity contribution < 1.29 is 19.1 Å². The Labute approximate surface area is 179 Å². The fourth-order valence-corrected chi connectivity index (χ4v) is 4.91. The van der Waals surface area contributed by atoms with Gasteiger partial charge in [-0.05, 0) is 25.3 Å². The summed E-state index contributed by atoms with van der Waals surface area (Å²) in [6.45, 7) is 1.76. The molecule has 0 spiro atoms. The number of ether oxygens (including phenoxy) is 2. The summed E-state index contributed by atoms with van der Waals surface area (Å²) in [4.78, 5) is 28.6. The fourth-order valence-electron chi connectivity index (χ4n) is 3.94. The van der Waals surface area contributed by atoms with Crippen molar-refractivity contribution in [3.05, 3.63) is 23.8 Å². The first-order valence-electron chi connectivity index (χ1n) is 10.0. The molecule has 160 valence electrons. The molecule has 0 unspecified atom stereocenters. The summed E-state index contributed by atoms with van der Waals surface area (Å²) < 4.78 is 10.8. The third-order valence-corrected chi connectivity index (χ3v) is 6.43. The molecule has 0 bridgehead atoms. The maximum Gasteiger partial charge on any atom is 0.243 e. The number of methoxy groups -OCH3 is 2. The smallest absolute Gasteiger partial charge is 0.243 e. The normalized spacial score (nSPS) is 18.7. The number of rotatable bonds is 7. The molecule has 2 aliphatic rings. The molecule has 2 aromatic rings. The Morgan fingerprint density at radius 2 is 2.03 bits per heavy atom. The second kappa shape index (κ2) is 8.86. The highest BCUT2D eigenvalue weighted by Gasteiger charge is 2.34. The standard InChI is InChI=1S/C20H25N5O4S/c1-28-15-8-3-6-13(17(15)29-2)12-21-18(27)14-7-4-10-24(14)19-22-23-20(30-19)25-11-5-9-16(25)26/h3,6,8,14H,4-5,7,9-12H2,1-2H3,(H,21,27)/t14-/m0/s1. The van der Waals surface area contributed by atoms with Gasteiger partial charge in [0.15, 0.2) is 11.5 Å². The molecule has 4 rings (SSSR count). The highest BCUT2D eigenvalue weighted by molar-refractivity contribution is 7.19. The van der Waals surface area contributed by atoms with Gasteiger partial charge in [-0.2, -0.15) is 0 Å². The van der Waals surface area contributed by atoms with Crippen LogP contribution < -0.4 is 24.6 Å². The first-order valence-corrected chi connectivity index (χ1v) is 10.8. The zero-order valence-electron chi connectivity index (χ0n) is 17.1. The van der Waals surface area contributed by atoms with E-state index in [-0.39, 0.29) is 17.9 Å². The lowest BCUT2D eigenvalue weighted by atomic mass is 10.1. The maximum absolute atomic E-state index is 12.9. The van der Waals surface area contributed by atoms with Crippen LogP contribution in [0.25, 0.3) is 0 Å². The molecule has 2 saturated heterocycles. The number of anilines is 2. The first-order chi connectivity index (χ1) is 14.6. The number of benzene rings is 1. The summed E-state index contributed by atoms with van der Waals surface area (Å²) in [6, 6.07) is 5.28. The average molecular weight is 432 g/mol. The van der Waals surface area contributed by atoms with Crippen LogP contribution in [0, 0.1) is 0 Å². The largest absolute Gasteiger partial charge is 0.493 e. The van der Waals surface area contributed by atoms with E-state index in [0.717, 1.165) is 31.4 Å². The number of nitrogens with one attached hydrogen (secondary N) is 1. The molecule has 3 heterocycles. The van der Waals surface area contributed by atoms with Gasteiger partial charge in [0.25, 0.3) is 0 Å². The van der Waals surface area contributed by atoms with Crippen LogP contribution in [0.3, 0.4) is 0 Å². The van der Waals surface area contributed by atoms with Gasteiger partial charge in [0, 0.05) is 31.6 Å². The Morgan fingerprint density at radius 1 is 1.20 bits per heavy atom. The third kappa shape index (κ3) is 3.91. The Morgan fingerprint density at radius 3 is 2.77 bits per heavy atom. The van der Waals surface area contributed by atoms with E-state index in [1.54, 1.807) is 19.1 Å². The van der Waals surface area contributed by atoms with Crippen molar-refractivity contribution in [2.45, 2.75) is 38.3 Å². The van der Waals surface area contributed by atoms with E-state index in [9.17, 15) is 9.59 Å². The number of hydrogen-bond donors (Lipinski definition) is 1. The molecule has 2 amide bonds. The van der Waals surface area contributed by atoms with Crippen LogP contribution in [0.4, 0.5) is 10.3 Å². The van der Waals surface area contributed by atoms with Crippen molar-refractivity contribution in [3.63, 3.8) is 0 Å². The Kier molecular flexibility index (Phi) is 6.03. The van der Waals surface area contributed by atoms with Gasteiger partial charge in [0.05, 0.1) is 14.2 Å².